The van der Waals surface area contributed by atoms with Crippen molar-refractivity contribution in [1.82, 2.24) is 4.90 Å². The highest BCUT2D eigenvalue weighted by molar-refractivity contribution is 5.99. The molecule has 1 N–H and O–H groups in total. The first-order valence-corrected chi connectivity index (χ1v) is 10.2. The van der Waals surface area contributed by atoms with Gasteiger partial charge in [0, 0.05) is 37.1 Å². The maximum Gasteiger partial charge on any atom is 0.254 e. The highest BCUT2D eigenvalue weighted by atomic mass is 16.5. The van der Waals surface area contributed by atoms with Crippen LogP contribution in [0.15, 0.2) is 42.5 Å². The van der Waals surface area contributed by atoms with Gasteiger partial charge in [-0.25, -0.2) is 0 Å². The van der Waals surface area contributed by atoms with Crippen molar-refractivity contribution in [3.8, 4) is 0 Å². The Bertz CT molecular complexity index is 889. The molecule has 0 unspecified atom stereocenters. The number of rotatable bonds is 5. The standard InChI is InChI=1S/C23H27N3O3/c1-25(23(28)19-6-5-17-3-2-4-18(17)15-19)16-22(27)24-20-7-9-21(10-8-20)26-11-13-29-14-12-26/h5-10,15H,2-4,11-14,16H2,1H3,(H,24,27). The van der Waals surface area contributed by atoms with Crippen molar-refractivity contribution in [2.75, 3.05) is 50.1 Å². The Hall–Kier alpha value is -2.86. The maximum atomic E-state index is 12.7. The lowest BCUT2D eigenvalue weighted by atomic mass is 10.1. The number of anilines is 2. The summed E-state index contributed by atoms with van der Waals surface area (Å²) in [6, 6.07) is 13.7. The molecule has 6 heteroatoms. The van der Waals surface area contributed by atoms with Gasteiger partial charge >= 0.3 is 0 Å². The van der Waals surface area contributed by atoms with Gasteiger partial charge in [-0.2, -0.15) is 0 Å². The van der Waals surface area contributed by atoms with Crippen LogP contribution < -0.4 is 10.2 Å². The zero-order valence-corrected chi connectivity index (χ0v) is 16.8. The molecule has 1 heterocycles. The van der Waals surface area contributed by atoms with Gasteiger partial charge in [0.25, 0.3) is 5.91 Å². The molecule has 152 valence electrons. The fourth-order valence-electron chi connectivity index (χ4n) is 3.99. The zero-order valence-electron chi connectivity index (χ0n) is 16.8. The van der Waals surface area contributed by atoms with Crippen LogP contribution in [0.3, 0.4) is 0 Å². The van der Waals surface area contributed by atoms with Crippen LogP contribution in [-0.2, 0) is 22.4 Å². The molecule has 0 saturated carbocycles. The van der Waals surface area contributed by atoms with Crippen molar-refractivity contribution >= 4 is 23.2 Å². The number of hydrogen-bond acceptors (Lipinski definition) is 4. The van der Waals surface area contributed by atoms with Gasteiger partial charge in [0.1, 0.15) is 0 Å². The SMILES string of the molecule is CN(CC(=O)Nc1ccc(N2CCOCC2)cc1)C(=O)c1ccc2c(c1)CCC2. The van der Waals surface area contributed by atoms with Crippen LogP contribution in [0.25, 0.3) is 0 Å². The third-order valence-corrected chi connectivity index (χ3v) is 5.60. The van der Waals surface area contributed by atoms with E-state index in [0.29, 0.717) is 5.56 Å². The summed E-state index contributed by atoms with van der Waals surface area (Å²) in [7, 11) is 1.66. The van der Waals surface area contributed by atoms with Gasteiger partial charge in [-0.15, -0.1) is 0 Å². The second-order valence-electron chi connectivity index (χ2n) is 7.69. The van der Waals surface area contributed by atoms with E-state index >= 15 is 0 Å². The third kappa shape index (κ3) is 4.59. The first kappa shape index (κ1) is 19.5. The van der Waals surface area contributed by atoms with Crippen molar-refractivity contribution in [3.05, 3.63) is 59.2 Å². The maximum absolute atomic E-state index is 12.7. The van der Waals surface area contributed by atoms with Crippen LogP contribution in [0.1, 0.15) is 27.9 Å². The van der Waals surface area contributed by atoms with Gasteiger partial charge in [-0.1, -0.05) is 6.07 Å². The molecule has 2 aromatic rings. The Morgan fingerprint density at radius 2 is 1.76 bits per heavy atom. The lowest BCUT2D eigenvalue weighted by Gasteiger charge is -2.28. The van der Waals surface area contributed by atoms with E-state index < -0.39 is 0 Å². The normalized spacial score (nSPS) is 15.7. The first-order chi connectivity index (χ1) is 14.1. The summed E-state index contributed by atoms with van der Waals surface area (Å²) in [6.07, 6.45) is 3.27. The number of carbonyl (C=O) groups is 2. The molecule has 1 aliphatic carbocycles. The topological polar surface area (TPSA) is 61.9 Å². The molecule has 2 aromatic carbocycles. The van der Waals surface area contributed by atoms with Crippen LogP contribution in [0.5, 0.6) is 0 Å². The van der Waals surface area contributed by atoms with Gasteiger partial charge in [-0.3, -0.25) is 9.59 Å². The van der Waals surface area contributed by atoms with Gasteiger partial charge in [-0.05, 0) is 66.8 Å². The molecule has 1 fully saturated rings. The zero-order chi connectivity index (χ0) is 20.2. The van der Waals surface area contributed by atoms with Gasteiger partial charge in [0.15, 0.2) is 0 Å². The monoisotopic (exact) mass is 393 g/mol. The van der Waals surface area contributed by atoms with Crippen LogP contribution >= 0.6 is 0 Å². The number of aryl methyl sites for hydroxylation is 2. The molecule has 2 aliphatic rings. The molecular formula is C23H27N3O3. The van der Waals surface area contributed by atoms with Crippen LogP contribution in [-0.4, -0.2) is 56.6 Å². The minimum absolute atomic E-state index is 0.0150. The molecule has 1 aliphatic heterocycles. The molecule has 0 radical (unpaired) electrons. The summed E-state index contributed by atoms with van der Waals surface area (Å²) >= 11 is 0. The summed E-state index contributed by atoms with van der Waals surface area (Å²) in [5.41, 5.74) is 5.09. The van der Waals surface area contributed by atoms with Crippen molar-refractivity contribution in [2.45, 2.75) is 19.3 Å². The number of carbonyl (C=O) groups excluding carboxylic acids is 2. The predicted molar refractivity (Wildman–Crippen MR) is 114 cm³/mol. The predicted octanol–water partition coefficient (Wildman–Crippen LogP) is 2.72. The summed E-state index contributed by atoms with van der Waals surface area (Å²) < 4.78 is 5.38. The van der Waals surface area contributed by atoms with E-state index in [1.807, 2.05) is 42.5 Å². The van der Waals surface area contributed by atoms with E-state index in [0.717, 1.165) is 56.9 Å². The van der Waals surface area contributed by atoms with Crippen LogP contribution in [0, 0.1) is 0 Å². The Morgan fingerprint density at radius 3 is 2.52 bits per heavy atom. The van der Waals surface area contributed by atoms with E-state index in [9.17, 15) is 9.59 Å². The first-order valence-electron chi connectivity index (χ1n) is 10.2. The van der Waals surface area contributed by atoms with E-state index in [4.69, 9.17) is 4.74 Å². The number of nitrogens with one attached hydrogen (secondary N) is 1. The lowest BCUT2D eigenvalue weighted by Crippen LogP contribution is -2.36. The molecule has 0 aromatic heterocycles. The second kappa shape index (κ2) is 8.66. The third-order valence-electron chi connectivity index (χ3n) is 5.60. The summed E-state index contributed by atoms with van der Waals surface area (Å²) in [6.45, 7) is 3.25. The lowest BCUT2D eigenvalue weighted by molar-refractivity contribution is -0.116. The molecule has 1 saturated heterocycles. The summed E-state index contributed by atoms with van der Waals surface area (Å²) in [5.74, 6) is -0.335. The Morgan fingerprint density at radius 1 is 1.03 bits per heavy atom. The van der Waals surface area contributed by atoms with Crippen molar-refractivity contribution < 1.29 is 14.3 Å². The molecule has 2 amide bonds. The molecule has 4 rings (SSSR count). The number of morpholine rings is 1. The van der Waals surface area contributed by atoms with E-state index in [2.05, 4.69) is 10.2 Å². The smallest absolute Gasteiger partial charge is 0.254 e. The Labute approximate surface area is 171 Å². The van der Waals surface area contributed by atoms with E-state index in [-0.39, 0.29) is 18.4 Å². The molecule has 0 bridgehead atoms. The summed E-state index contributed by atoms with van der Waals surface area (Å²) in [5, 5.41) is 2.87. The van der Waals surface area contributed by atoms with E-state index in [1.54, 1.807) is 7.05 Å². The minimum atomic E-state index is -0.207. The number of benzene rings is 2. The van der Waals surface area contributed by atoms with Gasteiger partial charge in [0.2, 0.25) is 5.91 Å². The van der Waals surface area contributed by atoms with Crippen molar-refractivity contribution in [3.63, 3.8) is 0 Å². The number of fused-ring (bicyclic) bond motifs is 1. The quantitative estimate of drug-likeness (QED) is 0.849. The molecule has 0 spiro atoms. The highest BCUT2D eigenvalue weighted by Gasteiger charge is 2.18. The van der Waals surface area contributed by atoms with Crippen molar-refractivity contribution in [2.24, 2.45) is 0 Å². The number of likely N-dealkylation sites (N-methyl/N-ethyl adjacent to an activating group) is 1. The molecular weight excluding hydrogens is 366 g/mol. The fraction of sp³-hybridized carbons (Fsp3) is 0.391. The average molecular weight is 393 g/mol. The molecule has 6 nitrogen and oxygen atoms in total. The number of hydrogen-bond donors (Lipinski definition) is 1. The number of nitrogens with zero attached hydrogens (tertiary/aromatic N) is 2. The minimum Gasteiger partial charge on any atom is -0.378 e. The highest BCUT2D eigenvalue weighted by Crippen LogP contribution is 2.23. The summed E-state index contributed by atoms with van der Waals surface area (Å²) in [4.78, 5) is 28.8. The van der Waals surface area contributed by atoms with E-state index in [1.165, 1.54) is 16.0 Å². The van der Waals surface area contributed by atoms with Crippen molar-refractivity contribution in [1.29, 1.82) is 0 Å². The molecule has 0 atom stereocenters. The van der Waals surface area contributed by atoms with Gasteiger partial charge in [0.05, 0.1) is 19.8 Å². The number of amides is 2. The largest absolute Gasteiger partial charge is 0.378 e. The van der Waals surface area contributed by atoms with Gasteiger partial charge < -0.3 is 19.9 Å². The average Bonchev–Trinajstić information content (AvgIpc) is 3.22. The fourth-order valence-corrected chi connectivity index (χ4v) is 3.99. The van der Waals surface area contributed by atoms with Crippen LogP contribution in [0.4, 0.5) is 11.4 Å². The number of ether oxygens (including phenoxy) is 1. The molecule has 29 heavy (non-hydrogen) atoms. The second-order valence-corrected chi connectivity index (χ2v) is 7.69. The van der Waals surface area contributed by atoms with Crippen LogP contribution in [0.2, 0.25) is 0 Å². The Kier molecular flexibility index (Phi) is 5.81. The Balaban J connectivity index is 1.32.